The fourth-order valence-electron chi connectivity index (χ4n) is 2.19. The average Bonchev–Trinajstić information content (AvgIpc) is 2.66. The number of carbonyl (C=O) groups excluding carboxylic acids is 2. The van der Waals surface area contributed by atoms with E-state index < -0.39 is 17.6 Å². The highest BCUT2D eigenvalue weighted by molar-refractivity contribution is 9.10. The number of nitrogen functional groups attached to an aromatic ring is 1. The number of rotatable bonds is 1. The lowest BCUT2D eigenvalue weighted by molar-refractivity contribution is 0.0926. The van der Waals surface area contributed by atoms with Crippen LogP contribution in [0.3, 0.4) is 0 Å². The zero-order chi connectivity index (χ0) is 14.4. The predicted molar refractivity (Wildman–Crippen MR) is 76.1 cm³/mol. The van der Waals surface area contributed by atoms with Crippen LogP contribution in [0.2, 0.25) is 0 Å². The summed E-state index contributed by atoms with van der Waals surface area (Å²) in [5.74, 6) is -1.59. The number of imide groups is 1. The van der Waals surface area contributed by atoms with Crippen LogP contribution in [0, 0.1) is 5.82 Å². The summed E-state index contributed by atoms with van der Waals surface area (Å²) in [4.78, 5) is 25.6. The molecule has 6 heteroatoms. The highest BCUT2D eigenvalue weighted by Gasteiger charge is 2.38. The molecule has 0 aromatic heterocycles. The van der Waals surface area contributed by atoms with E-state index >= 15 is 0 Å². The molecule has 2 amide bonds. The minimum absolute atomic E-state index is 0.161. The van der Waals surface area contributed by atoms with Gasteiger partial charge in [0, 0.05) is 10.2 Å². The monoisotopic (exact) mass is 334 g/mol. The molecule has 2 N–H and O–H groups in total. The highest BCUT2D eigenvalue weighted by Crippen LogP contribution is 2.35. The van der Waals surface area contributed by atoms with Crippen molar-refractivity contribution in [2.75, 3.05) is 10.6 Å². The summed E-state index contributed by atoms with van der Waals surface area (Å²) in [5.41, 5.74) is 6.53. The van der Waals surface area contributed by atoms with E-state index in [9.17, 15) is 14.0 Å². The van der Waals surface area contributed by atoms with Gasteiger partial charge in [-0.25, -0.2) is 9.29 Å². The second kappa shape index (κ2) is 4.42. The smallest absolute Gasteiger partial charge is 0.268 e. The Balaban J connectivity index is 2.19. The number of fused-ring (bicyclic) bond motifs is 1. The molecule has 0 saturated carbocycles. The highest BCUT2D eigenvalue weighted by atomic mass is 79.9. The van der Waals surface area contributed by atoms with Crippen LogP contribution in [0.15, 0.2) is 40.9 Å². The van der Waals surface area contributed by atoms with Gasteiger partial charge in [-0.3, -0.25) is 9.59 Å². The molecule has 3 rings (SSSR count). The quantitative estimate of drug-likeness (QED) is 0.644. The van der Waals surface area contributed by atoms with Crippen molar-refractivity contribution in [2.24, 2.45) is 0 Å². The Hall–Kier alpha value is -2.21. The molecule has 1 aliphatic heterocycles. The fourth-order valence-corrected chi connectivity index (χ4v) is 2.61. The maximum Gasteiger partial charge on any atom is 0.268 e. The van der Waals surface area contributed by atoms with Gasteiger partial charge in [0.05, 0.1) is 16.8 Å². The minimum Gasteiger partial charge on any atom is -0.398 e. The van der Waals surface area contributed by atoms with Crippen molar-refractivity contribution in [1.82, 2.24) is 0 Å². The van der Waals surface area contributed by atoms with E-state index in [1.807, 2.05) is 0 Å². The SMILES string of the molecule is Nc1cccc2c1C(=O)N(c1cc(F)ccc1Br)C2=O. The van der Waals surface area contributed by atoms with Crippen LogP contribution >= 0.6 is 15.9 Å². The molecule has 20 heavy (non-hydrogen) atoms. The number of anilines is 2. The first kappa shape index (κ1) is 12.8. The summed E-state index contributed by atoms with van der Waals surface area (Å²) < 4.78 is 13.8. The molecular weight excluding hydrogens is 327 g/mol. The standard InChI is InChI=1S/C14H8BrFN2O2/c15-9-5-4-7(16)6-11(9)18-13(19)8-2-1-3-10(17)12(8)14(18)20/h1-6H,17H2. The Morgan fingerprint density at radius 2 is 1.85 bits per heavy atom. The first-order chi connectivity index (χ1) is 9.50. The third-order valence-corrected chi connectivity index (χ3v) is 3.77. The Morgan fingerprint density at radius 1 is 1.10 bits per heavy atom. The number of hydrogen-bond acceptors (Lipinski definition) is 3. The second-order valence-corrected chi connectivity index (χ2v) is 5.17. The van der Waals surface area contributed by atoms with E-state index in [-0.39, 0.29) is 22.5 Å². The van der Waals surface area contributed by atoms with Gasteiger partial charge in [0.2, 0.25) is 0 Å². The number of carbonyl (C=O) groups is 2. The van der Waals surface area contributed by atoms with Crippen LogP contribution in [-0.2, 0) is 0 Å². The first-order valence-corrected chi connectivity index (χ1v) is 6.52. The topological polar surface area (TPSA) is 63.4 Å². The lowest BCUT2D eigenvalue weighted by atomic mass is 10.1. The summed E-state index contributed by atoms with van der Waals surface area (Å²) >= 11 is 3.21. The van der Waals surface area contributed by atoms with E-state index in [2.05, 4.69) is 15.9 Å². The van der Waals surface area contributed by atoms with Crippen LogP contribution in [0.1, 0.15) is 20.7 Å². The van der Waals surface area contributed by atoms with Crippen molar-refractivity contribution in [3.8, 4) is 0 Å². The number of halogens is 2. The molecule has 0 fully saturated rings. The van der Waals surface area contributed by atoms with E-state index in [1.54, 1.807) is 12.1 Å². The van der Waals surface area contributed by atoms with E-state index in [0.717, 1.165) is 11.0 Å². The summed E-state index contributed by atoms with van der Waals surface area (Å²) in [7, 11) is 0. The Bertz CT molecular complexity index is 761. The van der Waals surface area contributed by atoms with Crippen molar-refractivity contribution in [3.05, 3.63) is 57.8 Å². The number of benzene rings is 2. The lowest BCUT2D eigenvalue weighted by Crippen LogP contribution is -2.29. The molecule has 100 valence electrons. The van der Waals surface area contributed by atoms with Crippen molar-refractivity contribution >= 4 is 39.1 Å². The predicted octanol–water partition coefficient (Wildman–Crippen LogP) is 2.97. The maximum atomic E-state index is 13.4. The van der Waals surface area contributed by atoms with Crippen molar-refractivity contribution in [2.45, 2.75) is 0 Å². The minimum atomic E-state index is -0.547. The normalized spacial score (nSPS) is 13.8. The average molecular weight is 335 g/mol. The summed E-state index contributed by atoms with van der Waals surface area (Å²) in [6.07, 6.45) is 0. The van der Waals surface area contributed by atoms with Crippen molar-refractivity contribution in [3.63, 3.8) is 0 Å². The summed E-state index contributed by atoms with van der Waals surface area (Å²) in [5, 5.41) is 0. The van der Waals surface area contributed by atoms with Crippen molar-refractivity contribution < 1.29 is 14.0 Å². The van der Waals surface area contributed by atoms with Gasteiger partial charge in [-0.2, -0.15) is 0 Å². The van der Waals surface area contributed by atoms with Crippen LogP contribution < -0.4 is 10.6 Å². The number of nitrogens with zero attached hydrogens (tertiary/aromatic N) is 1. The van der Waals surface area contributed by atoms with Crippen LogP contribution in [0.4, 0.5) is 15.8 Å². The second-order valence-electron chi connectivity index (χ2n) is 4.31. The molecule has 4 nitrogen and oxygen atoms in total. The molecule has 0 saturated heterocycles. The Labute approximate surface area is 122 Å². The number of hydrogen-bond donors (Lipinski definition) is 1. The fraction of sp³-hybridized carbons (Fsp3) is 0. The third-order valence-electron chi connectivity index (χ3n) is 3.10. The molecule has 0 radical (unpaired) electrons. The first-order valence-electron chi connectivity index (χ1n) is 5.73. The van der Waals surface area contributed by atoms with Gasteiger partial charge in [0.25, 0.3) is 11.8 Å². The van der Waals surface area contributed by atoms with Crippen LogP contribution in [0.25, 0.3) is 0 Å². The van der Waals surface area contributed by atoms with E-state index in [0.29, 0.717) is 4.47 Å². The van der Waals surface area contributed by atoms with Gasteiger partial charge in [-0.15, -0.1) is 0 Å². The zero-order valence-electron chi connectivity index (χ0n) is 10.1. The van der Waals surface area contributed by atoms with E-state index in [4.69, 9.17) is 5.73 Å². The molecule has 1 heterocycles. The summed E-state index contributed by atoms with van der Waals surface area (Å²) in [6.45, 7) is 0. The molecular formula is C14H8BrFN2O2. The molecule has 0 bridgehead atoms. The molecule has 0 aliphatic carbocycles. The van der Waals surface area contributed by atoms with Gasteiger partial charge in [-0.1, -0.05) is 6.07 Å². The van der Waals surface area contributed by atoms with Crippen LogP contribution in [0.5, 0.6) is 0 Å². The maximum absolute atomic E-state index is 13.4. The zero-order valence-corrected chi connectivity index (χ0v) is 11.6. The molecule has 1 aliphatic rings. The van der Waals surface area contributed by atoms with Gasteiger partial charge < -0.3 is 5.73 Å². The van der Waals surface area contributed by atoms with Crippen molar-refractivity contribution in [1.29, 1.82) is 0 Å². The third kappa shape index (κ3) is 1.72. The molecule has 0 spiro atoms. The molecule has 0 atom stereocenters. The molecule has 0 unspecified atom stereocenters. The van der Waals surface area contributed by atoms with Gasteiger partial charge in [0.1, 0.15) is 5.82 Å². The largest absolute Gasteiger partial charge is 0.398 e. The Kier molecular flexibility index (Phi) is 2.83. The van der Waals surface area contributed by atoms with E-state index in [1.165, 1.54) is 18.2 Å². The van der Waals surface area contributed by atoms with Crippen LogP contribution in [-0.4, -0.2) is 11.8 Å². The Morgan fingerprint density at radius 3 is 2.55 bits per heavy atom. The number of amides is 2. The molecule has 2 aromatic rings. The number of nitrogens with two attached hydrogens (primary N) is 1. The van der Waals surface area contributed by atoms with Gasteiger partial charge in [-0.05, 0) is 46.3 Å². The summed E-state index contributed by atoms with van der Waals surface area (Å²) in [6, 6.07) is 8.48. The van der Waals surface area contributed by atoms with Gasteiger partial charge in [0.15, 0.2) is 0 Å². The lowest BCUT2D eigenvalue weighted by Gasteiger charge is -2.15. The van der Waals surface area contributed by atoms with Gasteiger partial charge >= 0.3 is 0 Å². The molecule has 2 aromatic carbocycles.